The zero-order valence-electron chi connectivity index (χ0n) is 12.2. The van der Waals surface area contributed by atoms with Crippen LogP contribution in [-0.2, 0) is 4.79 Å². The van der Waals surface area contributed by atoms with Gasteiger partial charge in [0.25, 0.3) is 5.91 Å². The first-order chi connectivity index (χ1) is 10.1. The number of nitrogens with one attached hydrogen (secondary N) is 2. The maximum absolute atomic E-state index is 12.1. The summed E-state index contributed by atoms with van der Waals surface area (Å²) in [6, 6.07) is 9.48. The van der Waals surface area contributed by atoms with Crippen LogP contribution in [0.1, 0.15) is 22.8 Å². The summed E-state index contributed by atoms with van der Waals surface area (Å²) < 4.78 is 1.98. The van der Waals surface area contributed by atoms with Crippen LogP contribution in [0.25, 0.3) is 5.69 Å². The molecule has 1 aromatic carbocycles. The Balaban J connectivity index is 2.05. The highest BCUT2D eigenvalue weighted by Gasteiger charge is 2.08. The Labute approximate surface area is 124 Å². The van der Waals surface area contributed by atoms with Crippen molar-refractivity contribution >= 4 is 11.8 Å². The van der Waals surface area contributed by atoms with Crippen molar-refractivity contribution in [1.29, 1.82) is 0 Å². The molecule has 1 aromatic heterocycles. The Morgan fingerprint density at radius 2 is 1.76 bits per heavy atom. The quantitative estimate of drug-likeness (QED) is 0.821. The third-order valence-corrected chi connectivity index (χ3v) is 3.14. The van der Waals surface area contributed by atoms with Gasteiger partial charge in [0.1, 0.15) is 0 Å². The van der Waals surface area contributed by atoms with Crippen LogP contribution < -0.4 is 10.6 Å². The number of aromatic nitrogens is 1. The van der Waals surface area contributed by atoms with Gasteiger partial charge in [-0.15, -0.1) is 0 Å². The van der Waals surface area contributed by atoms with E-state index in [2.05, 4.69) is 10.6 Å². The lowest BCUT2D eigenvalue weighted by atomic mass is 10.1. The van der Waals surface area contributed by atoms with Crippen molar-refractivity contribution in [2.45, 2.75) is 13.8 Å². The first-order valence-electron chi connectivity index (χ1n) is 6.84. The van der Waals surface area contributed by atoms with Crippen molar-refractivity contribution < 1.29 is 9.59 Å². The number of amides is 2. The van der Waals surface area contributed by atoms with Crippen LogP contribution in [0.15, 0.2) is 42.7 Å². The van der Waals surface area contributed by atoms with Crippen LogP contribution >= 0.6 is 0 Å². The highest BCUT2D eigenvalue weighted by atomic mass is 16.2. The fraction of sp³-hybridized carbons (Fsp3) is 0.250. The molecule has 110 valence electrons. The molecule has 0 bridgehead atoms. The first-order valence-corrected chi connectivity index (χ1v) is 6.84. The lowest BCUT2D eigenvalue weighted by molar-refractivity contribution is -0.118. The van der Waals surface area contributed by atoms with Gasteiger partial charge in [0.05, 0.1) is 0 Å². The van der Waals surface area contributed by atoms with Gasteiger partial charge in [0.2, 0.25) is 5.91 Å². The van der Waals surface area contributed by atoms with E-state index in [-0.39, 0.29) is 11.8 Å². The summed E-state index contributed by atoms with van der Waals surface area (Å²) in [4.78, 5) is 22.8. The van der Waals surface area contributed by atoms with E-state index in [0.29, 0.717) is 18.7 Å². The maximum atomic E-state index is 12.1. The molecule has 0 aliphatic carbocycles. The van der Waals surface area contributed by atoms with E-state index in [1.54, 1.807) is 6.07 Å². The Bertz CT molecular complexity index is 633. The van der Waals surface area contributed by atoms with E-state index >= 15 is 0 Å². The van der Waals surface area contributed by atoms with Crippen LogP contribution in [0.4, 0.5) is 0 Å². The zero-order valence-corrected chi connectivity index (χ0v) is 12.2. The summed E-state index contributed by atoms with van der Waals surface area (Å²) in [5.41, 5.74) is 2.68. The molecule has 2 aromatic rings. The van der Waals surface area contributed by atoms with Gasteiger partial charge < -0.3 is 15.2 Å². The van der Waals surface area contributed by atoms with Crippen molar-refractivity contribution in [3.05, 3.63) is 53.9 Å². The van der Waals surface area contributed by atoms with Crippen LogP contribution in [0, 0.1) is 6.92 Å². The number of carbonyl (C=O) groups is 2. The molecule has 21 heavy (non-hydrogen) atoms. The van der Waals surface area contributed by atoms with E-state index in [0.717, 1.165) is 11.3 Å². The molecule has 5 heteroatoms. The standard InChI is InChI=1S/C16H19N3O2/c1-12-5-6-14(11-15(12)19-9-3-4-10-19)16(21)18-8-7-17-13(2)20/h3-6,9-11H,7-8H2,1-2H3,(H,17,20)(H,18,21). The highest BCUT2D eigenvalue weighted by molar-refractivity contribution is 5.94. The third-order valence-electron chi connectivity index (χ3n) is 3.14. The summed E-state index contributed by atoms with van der Waals surface area (Å²) in [7, 11) is 0. The third kappa shape index (κ3) is 3.95. The van der Waals surface area contributed by atoms with E-state index in [4.69, 9.17) is 0 Å². The summed E-state index contributed by atoms with van der Waals surface area (Å²) in [6.07, 6.45) is 3.89. The van der Waals surface area contributed by atoms with Crippen molar-refractivity contribution in [2.75, 3.05) is 13.1 Å². The predicted octanol–water partition coefficient (Wildman–Crippen LogP) is 1.65. The van der Waals surface area contributed by atoms with Gasteiger partial charge in [-0.1, -0.05) is 6.07 Å². The Hall–Kier alpha value is -2.56. The Morgan fingerprint density at radius 3 is 2.43 bits per heavy atom. The number of aryl methyl sites for hydroxylation is 1. The van der Waals surface area contributed by atoms with Crippen LogP contribution in [-0.4, -0.2) is 29.5 Å². The second kappa shape index (κ2) is 6.74. The molecular weight excluding hydrogens is 266 g/mol. The van der Waals surface area contributed by atoms with E-state index in [1.165, 1.54) is 6.92 Å². The number of hydrogen-bond acceptors (Lipinski definition) is 2. The van der Waals surface area contributed by atoms with Gasteiger partial charge in [0.15, 0.2) is 0 Å². The number of rotatable bonds is 5. The molecule has 0 spiro atoms. The molecule has 0 fully saturated rings. The average molecular weight is 285 g/mol. The van der Waals surface area contributed by atoms with E-state index < -0.39 is 0 Å². The van der Waals surface area contributed by atoms with Crippen LogP contribution in [0.2, 0.25) is 0 Å². The first kappa shape index (κ1) is 14.8. The molecule has 0 radical (unpaired) electrons. The van der Waals surface area contributed by atoms with E-state index in [9.17, 15) is 9.59 Å². The Morgan fingerprint density at radius 1 is 1.10 bits per heavy atom. The van der Waals surface area contributed by atoms with Crippen molar-refractivity contribution in [2.24, 2.45) is 0 Å². The van der Waals surface area contributed by atoms with Crippen molar-refractivity contribution in [3.8, 4) is 5.69 Å². The summed E-state index contributed by atoms with van der Waals surface area (Å²) in [5.74, 6) is -0.247. The predicted molar refractivity (Wildman–Crippen MR) is 81.5 cm³/mol. The van der Waals surface area contributed by atoms with Crippen LogP contribution in [0.5, 0.6) is 0 Å². The molecule has 2 N–H and O–H groups in total. The molecule has 0 saturated carbocycles. The van der Waals surface area contributed by atoms with Crippen molar-refractivity contribution in [1.82, 2.24) is 15.2 Å². The maximum Gasteiger partial charge on any atom is 0.251 e. The Kier molecular flexibility index (Phi) is 4.77. The van der Waals surface area contributed by atoms with E-state index in [1.807, 2.05) is 48.1 Å². The summed E-state index contributed by atoms with van der Waals surface area (Å²) >= 11 is 0. The van der Waals surface area contributed by atoms with Gasteiger partial charge in [-0.25, -0.2) is 0 Å². The molecule has 0 unspecified atom stereocenters. The molecule has 0 saturated heterocycles. The minimum atomic E-state index is -0.145. The molecule has 1 heterocycles. The second-order valence-corrected chi connectivity index (χ2v) is 4.83. The zero-order chi connectivity index (χ0) is 15.2. The monoisotopic (exact) mass is 285 g/mol. The lowest BCUT2D eigenvalue weighted by Gasteiger charge is -2.10. The molecular formula is C16H19N3O2. The number of hydrogen-bond donors (Lipinski definition) is 2. The fourth-order valence-corrected chi connectivity index (χ4v) is 2.04. The molecule has 0 aliphatic rings. The minimum Gasteiger partial charge on any atom is -0.355 e. The van der Waals surface area contributed by atoms with Gasteiger partial charge in [0, 0.05) is 43.7 Å². The number of benzene rings is 1. The smallest absolute Gasteiger partial charge is 0.251 e. The molecule has 0 atom stereocenters. The average Bonchev–Trinajstić information content (AvgIpc) is 2.97. The van der Waals surface area contributed by atoms with Gasteiger partial charge in [-0.2, -0.15) is 0 Å². The topological polar surface area (TPSA) is 63.1 Å². The van der Waals surface area contributed by atoms with Gasteiger partial charge in [-0.3, -0.25) is 9.59 Å². The SMILES string of the molecule is CC(=O)NCCNC(=O)c1ccc(C)c(-n2cccc2)c1. The normalized spacial score (nSPS) is 10.2. The van der Waals surface area contributed by atoms with Gasteiger partial charge in [-0.05, 0) is 36.8 Å². The van der Waals surface area contributed by atoms with Crippen molar-refractivity contribution in [3.63, 3.8) is 0 Å². The highest BCUT2D eigenvalue weighted by Crippen LogP contribution is 2.16. The summed E-state index contributed by atoms with van der Waals surface area (Å²) in [6.45, 7) is 4.29. The molecule has 0 aliphatic heterocycles. The fourth-order valence-electron chi connectivity index (χ4n) is 2.04. The number of carbonyl (C=O) groups excluding carboxylic acids is 2. The molecule has 2 amide bonds. The summed E-state index contributed by atoms with van der Waals surface area (Å²) in [5, 5.41) is 5.42. The van der Waals surface area contributed by atoms with Gasteiger partial charge >= 0.3 is 0 Å². The minimum absolute atomic E-state index is 0.102. The second-order valence-electron chi connectivity index (χ2n) is 4.83. The largest absolute Gasteiger partial charge is 0.355 e. The lowest BCUT2D eigenvalue weighted by Crippen LogP contribution is -2.33. The molecule has 2 rings (SSSR count). The molecule has 5 nitrogen and oxygen atoms in total. The van der Waals surface area contributed by atoms with Crippen LogP contribution in [0.3, 0.4) is 0 Å². The number of nitrogens with zero attached hydrogens (tertiary/aromatic N) is 1.